The fourth-order valence-corrected chi connectivity index (χ4v) is 1.67. The van der Waals surface area contributed by atoms with Crippen LogP contribution in [-0.2, 0) is 9.53 Å². The first kappa shape index (κ1) is 15.2. The van der Waals surface area contributed by atoms with Crippen LogP contribution in [0.1, 0.15) is 64.7 Å². The van der Waals surface area contributed by atoms with E-state index in [9.17, 15) is 4.79 Å². The van der Waals surface area contributed by atoms with E-state index in [4.69, 9.17) is 4.74 Å². The Morgan fingerprint density at radius 1 is 1.00 bits per heavy atom. The third-order valence-corrected chi connectivity index (χ3v) is 2.61. The lowest BCUT2D eigenvalue weighted by Gasteiger charge is -2.02. The molecular formula is C14H26O2. The van der Waals surface area contributed by atoms with Crippen LogP contribution in [0.3, 0.4) is 0 Å². The first-order chi connectivity index (χ1) is 7.77. The molecule has 0 spiro atoms. The Labute approximate surface area is 100 Å². The van der Waals surface area contributed by atoms with Gasteiger partial charge in [-0.3, -0.25) is 4.79 Å². The van der Waals surface area contributed by atoms with Gasteiger partial charge in [0.15, 0.2) is 0 Å². The van der Waals surface area contributed by atoms with Crippen molar-refractivity contribution in [1.82, 2.24) is 0 Å². The van der Waals surface area contributed by atoms with Gasteiger partial charge in [0, 0.05) is 6.92 Å². The van der Waals surface area contributed by atoms with Gasteiger partial charge in [-0.25, -0.2) is 0 Å². The topological polar surface area (TPSA) is 26.3 Å². The van der Waals surface area contributed by atoms with Gasteiger partial charge in [0.2, 0.25) is 0 Å². The Balaban J connectivity index is 2.93. The number of hydrogen-bond donors (Lipinski definition) is 0. The number of carbonyl (C=O) groups is 1. The molecule has 0 aromatic rings. The number of carbonyl (C=O) groups excluding carboxylic acids is 1. The third-order valence-electron chi connectivity index (χ3n) is 2.61. The van der Waals surface area contributed by atoms with Crippen LogP contribution in [0.15, 0.2) is 12.7 Å². The first-order valence-corrected chi connectivity index (χ1v) is 6.51. The third kappa shape index (κ3) is 13.2. The molecule has 0 heterocycles. The number of unbranched alkanes of at least 4 members (excludes halogenated alkanes) is 8. The summed E-state index contributed by atoms with van der Waals surface area (Å²) in [4.78, 5) is 10.5. The van der Waals surface area contributed by atoms with Crippen LogP contribution in [-0.4, -0.2) is 12.6 Å². The van der Waals surface area contributed by atoms with E-state index in [1.54, 1.807) is 0 Å². The summed E-state index contributed by atoms with van der Waals surface area (Å²) in [6, 6.07) is 0. The van der Waals surface area contributed by atoms with E-state index < -0.39 is 0 Å². The van der Waals surface area contributed by atoms with Gasteiger partial charge in [-0.15, -0.1) is 6.58 Å². The average molecular weight is 226 g/mol. The van der Waals surface area contributed by atoms with Crippen molar-refractivity contribution in [3.8, 4) is 0 Å². The van der Waals surface area contributed by atoms with Crippen molar-refractivity contribution >= 4 is 5.97 Å². The molecule has 0 amide bonds. The molecule has 0 aliphatic carbocycles. The van der Waals surface area contributed by atoms with Crippen molar-refractivity contribution in [2.45, 2.75) is 64.7 Å². The molecule has 0 atom stereocenters. The van der Waals surface area contributed by atoms with Crippen LogP contribution in [0.5, 0.6) is 0 Å². The highest BCUT2D eigenvalue weighted by Crippen LogP contribution is 2.09. The molecule has 0 N–H and O–H groups in total. The van der Waals surface area contributed by atoms with Crippen molar-refractivity contribution < 1.29 is 9.53 Å². The lowest BCUT2D eigenvalue weighted by molar-refractivity contribution is -0.141. The highest BCUT2D eigenvalue weighted by atomic mass is 16.5. The molecule has 0 bridgehead atoms. The lowest BCUT2D eigenvalue weighted by atomic mass is 10.1. The van der Waals surface area contributed by atoms with Crippen molar-refractivity contribution in [2.75, 3.05) is 6.61 Å². The molecule has 0 saturated heterocycles. The Bertz CT molecular complexity index is 176. The summed E-state index contributed by atoms with van der Waals surface area (Å²) in [5.74, 6) is -0.165. The summed E-state index contributed by atoms with van der Waals surface area (Å²) in [5.41, 5.74) is 0. The van der Waals surface area contributed by atoms with E-state index in [0.29, 0.717) is 6.61 Å². The maximum absolute atomic E-state index is 10.5. The molecule has 0 fully saturated rings. The second kappa shape index (κ2) is 12.3. The minimum atomic E-state index is -0.165. The van der Waals surface area contributed by atoms with Crippen molar-refractivity contribution in [3.63, 3.8) is 0 Å². The number of allylic oxidation sites excluding steroid dienone is 1. The summed E-state index contributed by atoms with van der Waals surface area (Å²) < 4.78 is 4.87. The molecule has 94 valence electrons. The molecule has 2 heteroatoms. The van der Waals surface area contributed by atoms with Crippen molar-refractivity contribution in [2.24, 2.45) is 0 Å². The number of esters is 1. The number of rotatable bonds is 11. The Kier molecular flexibility index (Phi) is 11.7. The standard InChI is InChI=1S/C14H26O2/c1-3-4-5-6-7-8-9-10-11-12-13-16-14(2)15/h3H,1,4-13H2,2H3. The molecule has 0 radical (unpaired) electrons. The van der Waals surface area contributed by atoms with Gasteiger partial charge in [0.25, 0.3) is 0 Å². The van der Waals surface area contributed by atoms with Crippen LogP contribution in [0.4, 0.5) is 0 Å². The minimum absolute atomic E-state index is 0.165. The Morgan fingerprint density at radius 2 is 1.50 bits per heavy atom. The molecule has 0 rings (SSSR count). The van der Waals surface area contributed by atoms with E-state index in [1.807, 2.05) is 6.08 Å². The highest BCUT2D eigenvalue weighted by molar-refractivity contribution is 5.65. The van der Waals surface area contributed by atoms with Crippen LogP contribution in [0.25, 0.3) is 0 Å². The van der Waals surface area contributed by atoms with E-state index in [1.165, 1.54) is 51.9 Å². The zero-order valence-corrected chi connectivity index (χ0v) is 10.7. The maximum atomic E-state index is 10.5. The molecule has 0 saturated carbocycles. The van der Waals surface area contributed by atoms with Crippen molar-refractivity contribution in [3.05, 3.63) is 12.7 Å². The molecule has 2 nitrogen and oxygen atoms in total. The Morgan fingerprint density at radius 3 is 2.00 bits per heavy atom. The summed E-state index contributed by atoms with van der Waals surface area (Å²) in [5, 5.41) is 0. The second-order valence-electron chi connectivity index (χ2n) is 4.25. The summed E-state index contributed by atoms with van der Waals surface area (Å²) >= 11 is 0. The van der Waals surface area contributed by atoms with Gasteiger partial charge >= 0.3 is 5.97 Å². The molecular weight excluding hydrogens is 200 g/mol. The van der Waals surface area contributed by atoms with E-state index in [0.717, 1.165) is 12.8 Å². The predicted octanol–water partition coefficient (Wildman–Crippen LogP) is 4.25. The van der Waals surface area contributed by atoms with Gasteiger partial charge in [0.1, 0.15) is 0 Å². The summed E-state index contributed by atoms with van der Waals surface area (Å²) in [6.07, 6.45) is 13.2. The predicted molar refractivity (Wildman–Crippen MR) is 68.4 cm³/mol. The molecule has 0 aromatic heterocycles. The van der Waals surface area contributed by atoms with Crippen molar-refractivity contribution in [1.29, 1.82) is 0 Å². The SMILES string of the molecule is C=CCCCCCCCCCCOC(C)=O. The smallest absolute Gasteiger partial charge is 0.302 e. The quantitative estimate of drug-likeness (QED) is 0.299. The van der Waals surface area contributed by atoms with Crippen LogP contribution in [0.2, 0.25) is 0 Å². The minimum Gasteiger partial charge on any atom is -0.466 e. The normalized spacial score (nSPS) is 10.1. The van der Waals surface area contributed by atoms with Crippen LogP contribution >= 0.6 is 0 Å². The monoisotopic (exact) mass is 226 g/mol. The molecule has 0 aliphatic heterocycles. The number of hydrogen-bond acceptors (Lipinski definition) is 2. The van der Waals surface area contributed by atoms with Gasteiger partial charge in [0.05, 0.1) is 6.61 Å². The molecule has 0 unspecified atom stereocenters. The molecule has 16 heavy (non-hydrogen) atoms. The summed E-state index contributed by atoms with van der Waals surface area (Å²) in [6.45, 7) is 5.77. The van der Waals surface area contributed by atoms with Gasteiger partial charge in [-0.2, -0.15) is 0 Å². The molecule has 0 aromatic carbocycles. The largest absolute Gasteiger partial charge is 0.466 e. The fraction of sp³-hybridized carbons (Fsp3) is 0.786. The zero-order chi connectivity index (χ0) is 12.1. The van der Waals surface area contributed by atoms with E-state index in [-0.39, 0.29) is 5.97 Å². The number of ether oxygens (including phenoxy) is 1. The van der Waals surface area contributed by atoms with Gasteiger partial charge in [-0.05, 0) is 19.3 Å². The highest BCUT2D eigenvalue weighted by Gasteiger charge is 1.94. The zero-order valence-electron chi connectivity index (χ0n) is 10.7. The van der Waals surface area contributed by atoms with Gasteiger partial charge < -0.3 is 4.74 Å². The van der Waals surface area contributed by atoms with E-state index >= 15 is 0 Å². The first-order valence-electron chi connectivity index (χ1n) is 6.51. The lowest BCUT2D eigenvalue weighted by Crippen LogP contribution is -2.00. The van der Waals surface area contributed by atoms with Gasteiger partial charge in [-0.1, -0.05) is 44.6 Å². The molecule has 0 aliphatic rings. The van der Waals surface area contributed by atoms with Crippen LogP contribution < -0.4 is 0 Å². The fourth-order valence-electron chi connectivity index (χ4n) is 1.67. The van der Waals surface area contributed by atoms with E-state index in [2.05, 4.69) is 6.58 Å². The Hall–Kier alpha value is -0.790. The second-order valence-corrected chi connectivity index (χ2v) is 4.25. The average Bonchev–Trinajstić information content (AvgIpc) is 2.25. The summed E-state index contributed by atoms with van der Waals surface area (Å²) in [7, 11) is 0. The maximum Gasteiger partial charge on any atom is 0.302 e. The van der Waals surface area contributed by atoms with Crippen LogP contribution in [0, 0.1) is 0 Å².